The second-order valence-electron chi connectivity index (χ2n) is 4.67. The fraction of sp³-hybridized carbons (Fsp3) is 0.333. The van der Waals surface area contributed by atoms with Crippen molar-refractivity contribution in [3.05, 3.63) is 35.0 Å². The first-order valence-electron chi connectivity index (χ1n) is 6.68. The number of nitrogens with two attached hydrogens (primary N) is 1. The first-order chi connectivity index (χ1) is 10.1. The summed E-state index contributed by atoms with van der Waals surface area (Å²) in [6.45, 7) is 2.62. The summed E-state index contributed by atoms with van der Waals surface area (Å²) in [4.78, 5) is 19.8. The van der Waals surface area contributed by atoms with E-state index in [9.17, 15) is 4.79 Å². The number of thiophene rings is 1. The van der Waals surface area contributed by atoms with Gasteiger partial charge in [0.1, 0.15) is 5.00 Å². The second-order valence-corrected chi connectivity index (χ2v) is 6.49. The molecule has 0 amide bonds. The van der Waals surface area contributed by atoms with E-state index in [-0.39, 0.29) is 5.78 Å². The maximum atomic E-state index is 12.0. The maximum Gasteiger partial charge on any atom is 0.174 e. The van der Waals surface area contributed by atoms with Gasteiger partial charge in [-0.3, -0.25) is 9.78 Å². The van der Waals surface area contributed by atoms with Gasteiger partial charge in [-0.15, -0.1) is 23.1 Å². The van der Waals surface area contributed by atoms with E-state index in [1.165, 1.54) is 16.9 Å². The van der Waals surface area contributed by atoms with E-state index in [2.05, 4.69) is 9.88 Å². The van der Waals surface area contributed by atoms with Crippen LogP contribution in [0.5, 0.6) is 0 Å². The van der Waals surface area contributed by atoms with Crippen molar-refractivity contribution in [2.45, 2.75) is 24.8 Å². The number of carbonyl (C=O) groups excluding carboxylic acids is 1. The van der Waals surface area contributed by atoms with Gasteiger partial charge in [0.05, 0.1) is 15.5 Å². The Bertz CT molecular complexity index is 625. The van der Waals surface area contributed by atoms with E-state index >= 15 is 0 Å². The SMILES string of the molecule is CCC(=O)c1sc(N(C)Cc2ccncc2)c(SC)c1N. The molecule has 0 radical (unpaired) electrons. The Kier molecular flexibility index (Phi) is 5.25. The lowest BCUT2D eigenvalue weighted by Crippen LogP contribution is -2.15. The summed E-state index contributed by atoms with van der Waals surface area (Å²) >= 11 is 3.07. The van der Waals surface area contributed by atoms with Crippen LogP contribution in [0.3, 0.4) is 0 Å². The number of thioether (sulfide) groups is 1. The van der Waals surface area contributed by atoms with E-state index < -0.39 is 0 Å². The molecule has 0 aliphatic rings. The van der Waals surface area contributed by atoms with Gasteiger partial charge in [0, 0.05) is 32.4 Å². The van der Waals surface area contributed by atoms with E-state index in [0.717, 1.165) is 16.4 Å². The van der Waals surface area contributed by atoms with Crippen LogP contribution in [-0.2, 0) is 6.54 Å². The first kappa shape index (κ1) is 15.9. The van der Waals surface area contributed by atoms with Crippen LogP contribution in [-0.4, -0.2) is 24.1 Å². The zero-order valence-electron chi connectivity index (χ0n) is 12.4. The zero-order valence-corrected chi connectivity index (χ0v) is 14.1. The molecule has 0 aliphatic carbocycles. The average Bonchev–Trinajstić information content (AvgIpc) is 2.84. The summed E-state index contributed by atoms with van der Waals surface area (Å²) in [6, 6.07) is 3.98. The smallest absolute Gasteiger partial charge is 0.174 e. The Morgan fingerprint density at radius 3 is 2.67 bits per heavy atom. The second kappa shape index (κ2) is 6.95. The molecule has 0 saturated heterocycles. The predicted octanol–water partition coefficient (Wildman–Crippen LogP) is 3.68. The normalized spacial score (nSPS) is 10.6. The topological polar surface area (TPSA) is 59.2 Å². The molecule has 0 atom stereocenters. The molecule has 2 aromatic rings. The average molecular weight is 321 g/mol. The van der Waals surface area contributed by atoms with Crippen LogP contribution in [0.15, 0.2) is 29.4 Å². The van der Waals surface area contributed by atoms with Crippen LogP contribution in [0.2, 0.25) is 0 Å². The molecule has 0 spiro atoms. The van der Waals surface area contributed by atoms with Gasteiger partial charge in [0.25, 0.3) is 0 Å². The van der Waals surface area contributed by atoms with Crippen molar-refractivity contribution in [3.63, 3.8) is 0 Å². The zero-order chi connectivity index (χ0) is 15.4. The predicted molar refractivity (Wildman–Crippen MR) is 91.5 cm³/mol. The first-order valence-corrected chi connectivity index (χ1v) is 8.72. The van der Waals surface area contributed by atoms with Crippen molar-refractivity contribution in [1.82, 2.24) is 4.98 Å². The highest BCUT2D eigenvalue weighted by Crippen LogP contribution is 2.44. The van der Waals surface area contributed by atoms with Crippen molar-refractivity contribution in [3.8, 4) is 0 Å². The van der Waals surface area contributed by atoms with Gasteiger partial charge in [-0.05, 0) is 24.0 Å². The van der Waals surface area contributed by atoms with Gasteiger partial charge >= 0.3 is 0 Å². The van der Waals surface area contributed by atoms with Gasteiger partial charge in [-0.2, -0.15) is 0 Å². The summed E-state index contributed by atoms with van der Waals surface area (Å²) in [5.41, 5.74) is 7.95. The van der Waals surface area contributed by atoms with Crippen LogP contribution in [0.1, 0.15) is 28.6 Å². The van der Waals surface area contributed by atoms with Crippen molar-refractivity contribution >= 4 is 39.6 Å². The fourth-order valence-electron chi connectivity index (χ4n) is 2.07. The highest BCUT2D eigenvalue weighted by Gasteiger charge is 2.21. The quantitative estimate of drug-likeness (QED) is 0.650. The highest BCUT2D eigenvalue weighted by atomic mass is 32.2. The standard InChI is InChI=1S/C15H19N3OS2/c1-4-11(19)13-12(16)14(20-3)15(21-13)18(2)9-10-5-7-17-8-6-10/h5-8H,4,9,16H2,1-3H3. The number of rotatable bonds is 6. The Morgan fingerprint density at radius 2 is 2.10 bits per heavy atom. The number of anilines is 2. The number of nitrogens with zero attached hydrogens (tertiary/aromatic N) is 2. The molecule has 0 bridgehead atoms. The van der Waals surface area contributed by atoms with Gasteiger partial charge < -0.3 is 10.6 Å². The number of pyridine rings is 1. The van der Waals surface area contributed by atoms with E-state index in [1.807, 2.05) is 32.4 Å². The lowest BCUT2D eigenvalue weighted by atomic mass is 10.2. The third-order valence-corrected chi connectivity index (χ3v) is 5.49. The van der Waals surface area contributed by atoms with Gasteiger partial charge in [0.15, 0.2) is 5.78 Å². The molecule has 21 heavy (non-hydrogen) atoms. The lowest BCUT2D eigenvalue weighted by Gasteiger charge is -2.18. The molecule has 2 aromatic heterocycles. The number of nitrogen functional groups attached to an aromatic ring is 1. The Morgan fingerprint density at radius 1 is 1.43 bits per heavy atom. The summed E-state index contributed by atoms with van der Waals surface area (Å²) in [5, 5.41) is 1.05. The Balaban J connectivity index is 2.32. The molecular weight excluding hydrogens is 302 g/mol. The highest BCUT2D eigenvalue weighted by molar-refractivity contribution is 7.99. The van der Waals surface area contributed by atoms with E-state index in [1.54, 1.807) is 24.2 Å². The van der Waals surface area contributed by atoms with Crippen molar-refractivity contribution < 1.29 is 4.79 Å². The molecule has 0 saturated carbocycles. The number of aromatic nitrogens is 1. The van der Waals surface area contributed by atoms with Crippen LogP contribution in [0.25, 0.3) is 0 Å². The van der Waals surface area contributed by atoms with Crippen molar-refractivity contribution in [1.29, 1.82) is 0 Å². The Labute approximate surface area is 133 Å². The van der Waals surface area contributed by atoms with Crippen LogP contribution < -0.4 is 10.6 Å². The number of ketones is 1. The van der Waals surface area contributed by atoms with Crippen molar-refractivity contribution in [2.75, 3.05) is 23.9 Å². The maximum absolute atomic E-state index is 12.0. The lowest BCUT2D eigenvalue weighted by molar-refractivity contribution is 0.0992. The molecular formula is C15H19N3OS2. The van der Waals surface area contributed by atoms with Crippen LogP contribution in [0.4, 0.5) is 10.7 Å². The minimum atomic E-state index is 0.108. The van der Waals surface area contributed by atoms with Gasteiger partial charge in [-0.1, -0.05) is 6.92 Å². The molecule has 0 fully saturated rings. The van der Waals surface area contributed by atoms with Crippen LogP contribution in [0, 0.1) is 0 Å². The number of carbonyl (C=O) groups is 1. The molecule has 0 aromatic carbocycles. The molecule has 0 aliphatic heterocycles. The van der Waals surface area contributed by atoms with Crippen LogP contribution >= 0.6 is 23.1 Å². The molecule has 112 valence electrons. The summed E-state index contributed by atoms with van der Waals surface area (Å²) in [7, 11) is 2.02. The molecule has 2 N–H and O–H groups in total. The third kappa shape index (κ3) is 3.39. The fourth-order valence-corrected chi connectivity index (χ4v) is 4.25. The molecule has 2 heterocycles. The third-order valence-electron chi connectivity index (χ3n) is 3.18. The minimum Gasteiger partial charge on any atom is -0.396 e. The number of hydrogen-bond donors (Lipinski definition) is 1. The number of hydrogen-bond acceptors (Lipinski definition) is 6. The number of Topliss-reactive ketones (excluding diaryl/α,β-unsaturated/α-hetero) is 1. The summed E-state index contributed by atoms with van der Waals surface area (Å²) < 4.78 is 0. The van der Waals surface area contributed by atoms with Gasteiger partial charge in [0.2, 0.25) is 0 Å². The van der Waals surface area contributed by atoms with E-state index in [0.29, 0.717) is 17.0 Å². The van der Waals surface area contributed by atoms with Crippen molar-refractivity contribution in [2.24, 2.45) is 0 Å². The summed E-state index contributed by atoms with van der Waals surface area (Å²) in [6.07, 6.45) is 6.04. The molecule has 6 heteroatoms. The largest absolute Gasteiger partial charge is 0.396 e. The Hall–Kier alpha value is -1.53. The molecule has 0 unspecified atom stereocenters. The van der Waals surface area contributed by atoms with E-state index in [4.69, 9.17) is 5.73 Å². The molecule has 4 nitrogen and oxygen atoms in total. The van der Waals surface area contributed by atoms with Gasteiger partial charge in [-0.25, -0.2) is 0 Å². The minimum absolute atomic E-state index is 0.108. The monoisotopic (exact) mass is 321 g/mol. The summed E-state index contributed by atoms with van der Waals surface area (Å²) in [5.74, 6) is 0.108. The molecule has 2 rings (SSSR count).